The van der Waals surface area contributed by atoms with E-state index in [1.807, 2.05) is 0 Å². The molecule has 5 rings (SSSR count). The van der Waals surface area contributed by atoms with Crippen LogP contribution in [0.5, 0.6) is 5.75 Å². The van der Waals surface area contributed by atoms with E-state index in [4.69, 9.17) is 25.8 Å². The van der Waals surface area contributed by atoms with Gasteiger partial charge in [-0.25, -0.2) is 14.6 Å². The molecule has 0 saturated heterocycles. The maximum Gasteiger partial charge on any atom is 0.338 e. The zero-order valence-corrected chi connectivity index (χ0v) is 28.5. The van der Waals surface area contributed by atoms with E-state index in [0.29, 0.717) is 42.2 Å². The van der Waals surface area contributed by atoms with Crippen molar-refractivity contribution in [2.45, 2.75) is 33.4 Å². The molecular weight excluding hydrogens is 714 g/mol. The van der Waals surface area contributed by atoms with Crippen molar-refractivity contribution >= 4 is 62.6 Å². The smallest absolute Gasteiger partial charge is 0.338 e. The third kappa shape index (κ3) is 7.07. The molecule has 47 heavy (non-hydrogen) atoms. The number of nitrogens with zero attached hydrogens (tertiary/aromatic N) is 3. The highest BCUT2D eigenvalue weighted by Gasteiger charge is 2.34. The van der Waals surface area contributed by atoms with Gasteiger partial charge in [0.1, 0.15) is 12.6 Å². The first-order valence-electron chi connectivity index (χ1n) is 14.3. The summed E-state index contributed by atoms with van der Waals surface area (Å²) in [6.45, 7) is 5.45. The van der Waals surface area contributed by atoms with Crippen molar-refractivity contribution in [1.82, 2.24) is 4.57 Å². The lowest BCUT2D eigenvalue weighted by atomic mass is 9.96. The van der Waals surface area contributed by atoms with Crippen LogP contribution in [-0.2, 0) is 20.9 Å². The molecule has 1 atom stereocenters. The summed E-state index contributed by atoms with van der Waals surface area (Å²) in [5.74, 6) is -1.06. The first-order chi connectivity index (χ1) is 22.5. The topological polar surface area (TPSA) is 139 Å². The number of allylic oxidation sites excluding steroid dienone is 1. The Morgan fingerprint density at radius 1 is 1.09 bits per heavy atom. The van der Waals surface area contributed by atoms with Gasteiger partial charge in [0, 0.05) is 11.1 Å². The molecule has 0 N–H and O–H groups in total. The maximum atomic E-state index is 13.9. The Morgan fingerprint density at radius 3 is 2.43 bits per heavy atom. The Morgan fingerprint density at radius 2 is 1.77 bits per heavy atom. The number of benzene rings is 3. The fraction of sp³-hybridized carbons (Fsp3) is 0.212. The fourth-order valence-corrected chi connectivity index (χ4v) is 6.87. The minimum Gasteiger partial charge on any atom is -0.481 e. The van der Waals surface area contributed by atoms with E-state index < -0.39 is 28.5 Å². The number of esters is 2. The Kier molecular flexibility index (Phi) is 10.4. The lowest BCUT2D eigenvalue weighted by Crippen LogP contribution is -2.40. The van der Waals surface area contributed by atoms with Gasteiger partial charge in [0.15, 0.2) is 4.80 Å². The first-order valence-corrected chi connectivity index (χ1v) is 16.3. The molecule has 0 aliphatic carbocycles. The third-order valence-electron chi connectivity index (χ3n) is 7.11. The average Bonchev–Trinajstić information content (AvgIpc) is 3.34. The van der Waals surface area contributed by atoms with Crippen LogP contribution in [0, 0.1) is 10.1 Å². The molecule has 242 valence electrons. The minimum atomic E-state index is -0.899. The number of nitro benzene ring substituents is 1. The summed E-state index contributed by atoms with van der Waals surface area (Å²) in [7, 11) is 0. The van der Waals surface area contributed by atoms with Crippen LogP contribution in [0.25, 0.3) is 6.08 Å². The highest BCUT2D eigenvalue weighted by Crippen LogP contribution is 2.38. The standard InChI is InChI=1S/C33H27BrClN3O8S/c1-4-44-31(40)21-12-10-19(11-13-21)17-46-29-23(34)14-20(15-25(29)38(42)43)16-26-30(39)37-28(22-8-6-7-9-24(22)35)27(32(41)45-5-2)18(3)36-33(37)47-26/h6-16,28H,4-5,17H2,1-3H3/b26-16-/t28-/m1/s1. The molecule has 0 bridgehead atoms. The number of thiazole rings is 1. The molecule has 0 spiro atoms. The number of fused-ring (bicyclic) bond motifs is 1. The van der Waals surface area contributed by atoms with Crippen molar-refractivity contribution in [3.8, 4) is 5.75 Å². The van der Waals surface area contributed by atoms with Crippen molar-refractivity contribution in [1.29, 1.82) is 0 Å². The van der Waals surface area contributed by atoms with Crippen LogP contribution in [0.3, 0.4) is 0 Å². The normalized spacial score (nSPS) is 14.3. The molecule has 0 amide bonds. The van der Waals surface area contributed by atoms with E-state index in [9.17, 15) is 24.5 Å². The Balaban J connectivity index is 1.53. The lowest BCUT2D eigenvalue weighted by molar-refractivity contribution is -0.386. The van der Waals surface area contributed by atoms with Gasteiger partial charge in [-0.05, 0) is 83.7 Å². The number of ether oxygens (including phenoxy) is 3. The van der Waals surface area contributed by atoms with Crippen LogP contribution in [0.15, 0.2) is 86.2 Å². The van der Waals surface area contributed by atoms with Crippen molar-refractivity contribution in [3.63, 3.8) is 0 Å². The van der Waals surface area contributed by atoms with Gasteiger partial charge in [-0.1, -0.05) is 53.3 Å². The van der Waals surface area contributed by atoms with Gasteiger partial charge in [0.25, 0.3) is 5.56 Å². The minimum absolute atomic E-state index is 0.00324. The highest BCUT2D eigenvalue weighted by molar-refractivity contribution is 9.10. The number of rotatable bonds is 10. The third-order valence-corrected chi connectivity index (χ3v) is 9.02. The van der Waals surface area contributed by atoms with Crippen molar-refractivity contribution in [2.75, 3.05) is 13.2 Å². The van der Waals surface area contributed by atoms with Crippen LogP contribution >= 0.6 is 38.9 Å². The number of carbonyl (C=O) groups excluding carboxylic acids is 2. The number of aromatic nitrogens is 1. The number of nitro groups is 1. The predicted octanol–water partition coefficient (Wildman–Crippen LogP) is 5.88. The van der Waals surface area contributed by atoms with Crippen LogP contribution in [-0.4, -0.2) is 34.6 Å². The molecule has 4 aromatic rings. The van der Waals surface area contributed by atoms with E-state index in [-0.39, 0.29) is 41.4 Å². The van der Waals surface area contributed by atoms with Crippen LogP contribution in [0.4, 0.5) is 5.69 Å². The first kappa shape index (κ1) is 33.8. The zero-order valence-electron chi connectivity index (χ0n) is 25.3. The van der Waals surface area contributed by atoms with E-state index in [0.717, 1.165) is 11.3 Å². The monoisotopic (exact) mass is 739 g/mol. The summed E-state index contributed by atoms with van der Waals surface area (Å²) < 4.78 is 18.1. The molecule has 1 aliphatic rings. The summed E-state index contributed by atoms with van der Waals surface area (Å²) >= 11 is 11.0. The predicted molar refractivity (Wildman–Crippen MR) is 179 cm³/mol. The summed E-state index contributed by atoms with van der Waals surface area (Å²) in [4.78, 5) is 55.4. The zero-order chi connectivity index (χ0) is 33.8. The Hall–Kier alpha value is -4.59. The van der Waals surface area contributed by atoms with Crippen molar-refractivity contribution in [3.05, 3.63) is 133 Å². The van der Waals surface area contributed by atoms with E-state index in [1.165, 1.54) is 16.7 Å². The molecule has 1 aromatic heterocycles. The number of carbonyl (C=O) groups is 2. The molecular formula is C33H27BrClN3O8S. The molecule has 0 saturated carbocycles. The van der Waals surface area contributed by atoms with Crippen LogP contribution in [0.1, 0.15) is 53.9 Å². The molecule has 2 heterocycles. The van der Waals surface area contributed by atoms with Gasteiger partial charge in [-0.15, -0.1) is 0 Å². The van der Waals surface area contributed by atoms with Crippen molar-refractivity contribution < 1.29 is 28.7 Å². The summed E-state index contributed by atoms with van der Waals surface area (Å²) in [6, 6.07) is 15.4. The largest absolute Gasteiger partial charge is 0.481 e. The molecule has 0 unspecified atom stereocenters. The van der Waals surface area contributed by atoms with E-state index in [2.05, 4.69) is 20.9 Å². The molecule has 14 heteroatoms. The highest BCUT2D eigenvalue weighted by atomic mass is 79.9. The number of halogens is 2. The molecule has 1 aliphatic heterocycles. The molecule has 3 aromatic carbocycles. The van der Waals surface area contributed by atoms with Crippen LogP contribution < -0.4 is 19.6 Å². The maximum absolute atomic E-state index is 13.9. The Bertz CT molecular complexity index is 2110. The van der Waals surface area contributed by atoms with Crippen LogP contribution in [0.2, 0.25) is 5.02 Å². The molecule has 0 fully saturated rings. The van der Waals surface area contributed by atoms with Gasteiger partial charge in [0.2, 0.25) is 5.75 Å². The van der Waals surface area contributed by atoms with Gasteiger partial charge < -0.3 is 14.2 Å². The van der Waals surface area contributed by atoms with Gasteiger partial charge in [-0.2, -0.15) is 0 Å². The molecule has 0 radical (unpaired) electrons. The quantitative estimate of drug-likeness (QED) is 0.112. The van der Waals surface area contributed by atoms with E-state index in [1.54, 1.807) is 75.4 Å². The van der Waals surface area contributed by atoms with Gasteiger partial charge >= 0.3 is 17.6 Å². The fourth-order valence-electron chi connectivity index (χ4n) is 5.00. The molecule has 11 nitrogen and oxygen atoms in total. The SMILES string of the molecule is CCOC(=O)C1=C(C)N=c2s/c(=C\c3cc(Br)c(OCc4ccc(C(=O)OCC)cc4)c([N+](=O)[O-])c3)c(=O)n2[C@@H]1c1ccccc1Cl. The summed E-state index contributed by atoms with van der Waals surface area (Å²) in [6.07, 6.45) is 1.52. The second kappa shape index (κ2) is 14.4. The summed E-state index contributed by atoms with van der Waals surface area (Å²) in [5.41, 5.74) is 1.73. The number of hydrogen-bond donors (Lipinski definition) is 0. The summed E-state index contributed by atoms with van der Waals surface area (Å²) in [5, 5.41) is 12.5. The van der Waals surface area contributed by atoms with Gasteiger partial charge in [-0.3, -0.25) is 19.5 Å². The lowest BCUT2D eigenvalue weighted by Gasteiger charge is -2.25. The van der Waals surface area contributed by atoms with Gasteiger partial charge in [0.05, 0.1) is 44.0 Å². The Labute approximate surface area is 285 Å². The number of hydrogen-bond acceptors (Lipinski definition) is 10. The van der Waals surface area contributed by atoms with Crippen molar-refractivity contribution in [2.24, 2.45) is 4.99 Å². The van der Waals surface area contributed by atoms with E-state index >= 15 is 0 Å². The second-order valence-corrected chi connectivity index (χ2v) is 12.4. The second-order valence-electron chi connectivity index (χ2n) is 10.1. The average molecular weight is 741 g/mol.